The number of aldehydes is 1. The van der Waals surface area contributed by atoms with Crippen molar-refractivity contribution in [1.82, 2.24) is 4.57 Å². The van der Waals surface area contributed by atoms with E-state index < -0.39 is 0 Å². The van der Waals surface area contributed by atoms with Crippen LogP contribution in [0.1, 0.15) is 27.2 Å². The number of hydrogen-bond acceptors (Lipinski definition) is 1. The van der Waals surface area contributed by atoms with Crippen LogP contribution < -0.4 is 0 Å². The molecule has 0 unspecified atom stereocenters. The van der Waals surface area contributed by atoms with Gasteiger partial charge in [0.05, 0.1) is 5.69 Å². The molecule has 106 valence electrons. The molecule has 1 aromatic heterocycles. The molecule has 1 heterocycles. The van der Waals surface area contributed by atoms with Crippen molar-refractivity contribution in [1.29, 1.82) is 0 Å². The highest BCUT2D eigenvalue weighted by atomic mass is 16.1. The van der Waals surface area contributed by atoms with Crippen molar-refractivity contribution < 1.29 is 4.79 Å². The van der Waals surface area contributed by atoms with Gasteiger partial charge in [-0.25, -0.2) is 0 Å². The first-order valence-electron chi connectivity index (χ1n) is 7.12. The molecule has 2 heteroatoms. The van der Waals surface area contributed by atoms with Crippen LogP contribution in [0.25, 0.3) is 0 Å². The molecule has 0 saturated carbocycles. The fourth-order valence-corrected chi connectivity index (χ4v) is 2.30. The van der Waals surface area contributed by atoms with Gasteiger partial charge >= 0.3 is 0 Å². The van der Waals surface area contributed by atoms with E-state index in [1.807, 2.05) is 77.5 Å². The molecule has 2 aromatic carbocycles. The molecule has 22 heavy (non-hydrogen) atoms. The number of rotatable bonds is 3. The second-order valence-corrected chi connectivity index (χ2v) is 4.95. The predicted octanol–water partition coefficient (Wildman–Crippen LogP) is 3.75. The lowest BCUT2D eigenvalue weighted by atomic mass is 10.1. The lowest BCUT2D eigenvalue weighted by Gasteiger charge is -2.07. The van der Waals surface area contributed by atoms with Crippen LogP contribution in [0.15, 0.2) is 72.9 Å². The standard InChI is InChI=1S/C20H15NO/c22-16-20-11-6-14-21(20)15-19-10-5-4-9-18(19)13-12-17-7-2-1-3-8-17/h1-11,14,16H,15H2. The molecular weight excluding hydrogens is 270 g/mol. The Morgan fingerprint density at radius 3 is 2.45 bits per heavy atom. The lowest BCUT2D eigenvalue weighted by Crippen LogP contribution is -2.03. The van der Waals surface area contributed by atoms with E-state index in [0.29, 0.717) is 12.2 Å². The van der Waals surface area contributed by atoms with Gasteiger partial charge < -0.3 is 4.57 Å². The summed E-state index contributed by atoms with van der Waals surface area (Å²) < 4.78 is 1.93. The van der Waals surface area contributed by atoms with E-state index in [-0.39, 0.29) is 0 Å². The zero-order valence-electron chi connectivity index (χ0n) is 12.1. The summed E-state index contributed by atoms with van der Waals surface area (Å²) in [6.45, 7) is 0.640. The minimum atomic E-state index is 0.640. The molecule has 0 saturated heterocycles. The van der Waals surface area contributed by atoms with Gasteiger partial charge in [0, 0.05) is 23.9 Å². The quantitative estimate of drug-likeness (QED) is 0.530. The molecular formula is C20H15NO. The molecule has 0 fully saturated rings. The average molecular weight is 285 g/mol. The second kappa shape index (κ2) is 6.60. The Morgan fingerprint density at radius 1 is 0.864 bits per heavy atom. The fraction of sp³-hybridized carbons (Fsp3) is 0.0500. The van der Waals surface area contributed by atoms with Crippen LogP contribution in [0, 0.1) is 11.8 Å². The third-order valence-corrected chi connectivity index (χ3v) is 3.46. The molecule has 0 amide bonds. The van der Waals surface area contributed by atoms with E-state index in [0.717, 1.165) is 23.0 Å². The van der Waals surface area contributed by atoms with Crippen LogP contribution in [0.2, 0.25) is 0 Å². The third kappa shape index (κ3) is 3.16. The van der Waals surface area contributed by atoms with Gasteiger partial charge in [-0.1, -0.05) is 48.2 Å². The zero-order chi connectivity index (χ0) is 15.2. The highest BCUT2D eigenvalue weighted by molar-refractivity contribution is 5.72. The average Bonchev–Trinajstić information content (AvgIpc) is 3.02. The van der Waals surface area contributed by atoms with Crippen LogP contribution in [0.4, 0.5) is 0 Å². The Morgan fingerprint density at radius 2 is 1.64 bits per heavy atom. The highest BCUT2D eigenvalue weighted by Crippen LogP contribution is 2.12. The maximum atomic E-state index is 11.0. The summed E-state index contributed by atoms with van der Waals surface area (Å²) in [4.78, 5) is 11.0. The fourth-order valence-electron chi connectivity index (χ4n) is 2.30. The van der Waals surface area contributed by atoms with Gasteiger partial charge in [-0.2, -0.15) is 0 Å². The monoisotopic (exact) mass is 285 g/mol. The van der Waals surface area contributed by atoms with Crippen molar-refractivity contribution in [3.8, 4) is 11.8 Å². The van der Waals surface area contributed by atoms with Gasteiger partial charge in [0.2, 0.25) is 0 Å². The van der Waals surface area contributed by atoms with Crippen LogP contribution in [0.3, 0.4) is 0 Å². The summed E-state index contributed by atoms with van der Waals surface area (Å²) in [5, 5.41) is 0. The summed E-state index contributed by atoms with van der Waals surface area (Å²) in [7, 11) is 0. The van der Waals surface area contributed by atoms with Crippen molar-refractivity contribution >= 4 is 6.29 Å². The molecule has 3 rings (SSSR count). The van der Waals surface area contributed by atoms with Gasteiger partial charge in [0.1, 0.15) is 0 Å². The largest absolute Gasteiger partial charge is 0.341 e. The molecule has 0 aliphatic heterocycles. The van der Waals surface area contributed by atoms with E-state index in [9.17, 15) is 4.79 Å². The number of aromatic nitrogens is 1. The van der Waals surface area contributed by atoms with Crippen LogP contribution in [-0.4, -0.2) is 10.9 Å². The first-order chi connectivity index (χ1) is 10.9. The predicted molar refractivity (Wildman–Crippen MR) is 87.8 cm³/mol. The van der Waals surface area contributed by atoms with Crippen molar-refractivity contribution in [3.63, 3.8) is 0 Å². The van der Waals surface area contributed by atoms with E-state index in [2.05, 4.69) is 11.8 Å². The Balaban J connectivity index is 1.91. The number of benzene rings is 2. The Kier molecular flexibility index (Phi) is 4.17. The molecule has 0 aliphatic carbocycles. The number of carbonyl (C=O) groups excluding carboxylic acids is 1. The van der Waals surface area contributed by atoms with Crippen LogP contribution >= 0.6 is 0 Å². The van der Waals surface area contributed by atoms with Gasteiger partial charge in [-0.3, -0.25) is 4.79 Å². The van der Waals surface area contributed by atoms with Crippen molar-refractivity contribution in [2.24, 2.45) is 0 Å². The SMILES string of the molecule is O=Cc1cccn1Cc1ccccc1C#Cc1ccccc1. The van der Waals surface area contributed by atoms with E-state index >= 15 is 0 Å². The summed E-state index contributed by atoms with van der Waals surface area (Å²) in [5.41, 5.74) is 3.75. The third-order valence-electron chi connectivity index (χ3n) is 3.46. The van der Waals surface area contributed by atoms with Crippen molar-refractivity contribution in [2.75, 3.05) is 0 Å². The topological polar surface area (TPSA) is 22.0 Å². The number of carbonyl (C=O) groups is 1. The summed E-state index contributed by atoms with van der Waals surface area (Å²) in [6, 6.07) is 21.6. The molecule has 3 aromatic rings. The molecule has 0 N–H and O–H groups in total. The van der Waals surface area contributed by atoms with Crippen molar-refractivity contribution in [2.45, 2.75) is 6.54 Å². The highest BCUT2D eigenvalue weighted by Gasteiger charge is 2.03. The number of nitrogens with zero attached hydrogens (tertiary/aromatic N) is 1. The van der Waals surface area contributed by atoms with Gasteiger partial charge in [0.25, 0.3) is 0 Å². The van der Waals surface area contributed by atoms with Gasteiger partial charge in [-0.05, 0) is 35.9 Å². The van der Waals surface area contributed by atoms with Crippen LogP contribution in [-0.2, 0) is 6.54 Å². The number of hydrogen-bond donors (Lipinski definition) is 0. The molecule has 0 aliphatic rings. The van der Waals surface area contributed by atoms with E-state index in [4.69, 9.17) is 0 Å². The molecule has 0 spiro atoms. The van der Waals surface area contributed by atoms with E-state index in [1.165, 1.54) is 0 Å². The summed E-state index contributed by atoms with van der Waals surface area (Å²) in [6.07, 6.45) is 2.78. The van der Waals surface area contributed by atoms with Crippen LogP contribution in [0.5, 0.6) is 0 Å². The first-order valence-corrected chi connectivity index (χ1v) is 7.12. The lowest BCUT2D eigenvalue weighted by molar-refractivity contribution is 0.111. The zero-order valence-corrected chi connectivity index (χ0v) is 12.1. The van der Waals surface area contributed by atoms with Crippen molar-refractivity contribution in [3.05, 3.63) is 95.3 Å². The molecule has 0 bridgehead atoms. The first kappa shape index (κ1) is 13.9. The Hall–Kier alpha value is -3.05. The maximum absolute atomic E-state index is 11.0. The van der Waals surface area contributed by atoms with Gasteiger partial charge in [0.15, 0.2) is 6.29 Å². The summed E-state index contributed by atoms with van der Waals surface area (Å²) >= 11 is 0. The Labute approximate surface area is 130 Å². The molecule has 0 radical (unpaired) electrons. The smallest absolute Gasteiger partial charge is 0.166 e. The summed E-state index contributed by atoms with van der Waals surface area (Å²) in [5.74, 6) is 6.41. The second-order valence-electron chi connectivity index (χ2n) is 4.95. The van der Waals surface area contributed by atoms with E-state index in [1.54, 1.807) is 0 Å². The maximum Gasteiger partial charge on any atom is 0.166 e. The van der Waals surface area contributed by atoms with Gasteiger partial charge in [-0.15, -0.1) is 0 Å². The minimum absolute atomic E-state index is 0.640. The normalized spacial score (nSPS) is 9.82. The molecule has 2 nitrogen and oxygen atoms in total. The minimum Gasteiger partial charge on any atom is -0.341 e. The molecule has 0 atom stereocenters. The Bertz CT molecular complexity index is 835.